The Kier molecular flexibility index (Phi) is 3.41. The van der Waals surface area contributed by atoms with Crippen molar-refractivity contribution in [1.82, 2.24) is 15.1 Å². The molecule has 1 aromatic rings. The lowest BCUT2D eigenvalue weighted by Gasteiger charge is -2.33. The number of aromatic nitrogens is 2. The number of piperidine rings is 1. The lowest BCUT2D eigenvalue weighted by Crippen LogP contribution is -2.48. The third-order valence-electron chi connectivity index (χ3n) is 2.97. The van der Waals surface area contributed by atoms with Crippen LogP contribution < -0.4 is 0 Å². The molecular weight excluding hydrogens is 222 g/mol. The summed E-state index contributed by atoms with van der Waals surface area (Å²) in [5, 5.41) is 6.36. The van der Waals surface area contributed by atoms with Crippen LogP contribution in [0.3, 0.4) is 0 Å². The maximum Gasteiger partial charge on any atom is 0.328 e. The van der Waals surface area contributed by atoms with Gasteiger partial charge in [-0.2, -0.15) is 5.10 Å². The van der Waals surface area contributed by atoms with Crippen LogP contribution in [0.2, 0.25) is 0 Å². The van der Waals surface area contributed by atoms with Crippen LogP contribution in [0, 0.1) is 0 Å². The van der Waals surface area contributed by atoms with Crippen LogP contribution in [0.1, 0.15) is 29.8 Å². The van der Waals surface area contributed by atoms with E-state index in [1.807, 2.05) is 0 Å². The van der Waals surface area contributed by atoms with Crippen LogP contribution in [-0.4, -0.2) is 46.7 Å². The second-order valence-corrected chi connectivity index (χ2v) is 4.00. The van der Waals surface area contributed by atoms with Gasteiger partial charge >= 0.3 is 5.97 Å². The minimum Gasteiger partial charge on any atom is -0.467 e. The molecule has 0 saturated carbocycles. The Morgan fingerprint density at radius 3 is 3.00 bits per heavy atom. The molecule has 1 amide bonds. The molecule has 0 aliphatic carbocycles. The van der Waals surface area contributed by atoms with Gasteiger partial charge in [0.2, 0.25) is 0 Å². The van der Waals surface area contributed by atoms with Gasteiger partial charge in [-0.25, -0.2) is 4.79 Å². The molecular formula is C11H15N3O3. The summed E-state index contributed by atoms with van der Waals surface area (Å²) in [5.41, 5.74) is 0.404. The molecule has 6 nitrogen and oxygen atoms in total. The van der Waals surface area contributed by atoms with Gasteiger partial charge in [0.05, 0.1) is 7.11 Å². The Hall–Kier alpha value is -1.85. The molecule has 1 N–H and O–H groups in total. The fourth-order valence-electron chi connectivity index (χ4n) is 2.09. The third-order valence-corrected chi connectivity index (χ3v) is 2.97. The van der Waals surface area contributed by atoms with Gasteiger partial charge in [-0.05, 0) is 25.3 Å². The molecule has 1 atom stereocenters. The summed E-state index contributed by atoms with van der Waals surface area (Å²) in [5.74, 6) is -0.546. The highest BCUT2D eigenvalue weighted by molar-refractivity contribution is 5.95. The van der Waals surface area contributed by atoms with Crippen LogP contribution in [0.4, 0.5) is 0 Å². The monoisotopic (exact) mass is 237 g/mol. The van der Waals surface area contributed by atoms with Gasteiger partial charge in [0, 0.05) is 12.7 Å². The molecule has 6 heteroatoms. The van der Waals surface area contributed by atoms with Gasteiger partial charge in [-0.3, -0.25) is 9.89 Å². The number of aromatic amines is 1. The number of carbonyl (C=O) groups is 2. The smallest absolute Gasteiger partial charge is 0.328 e. The van der Waals surface area contributed by atoms with Crippen molar-refractivity contribution in [3.63, 3.8) is 0 Å². The molecule has 2 heterocycles. The second kappa shape index (κ2) is 4.99. The summed E-state index contributed by atoms with van der Waals surface area (Å²) in [6, 6.07) is 1.13. The Morgan fingerprint density at radius 2 is 2.35 bits per heavy atom. The standard InChI is InChI=1S/C11H15N3O3/c1-17-11(16)9-4-2-3-7-14(9)10(15)8-5-6-12-13-8/h5-6,9H,2-4,7H2,1H3,(H,12,13). The van der Waals surface area contributed by atoms with Crippen molar-refractivity contribution in [2.24, 2.45) is 0 Å². The lowest BCUT2D eigenvalue weighted by molar-refractivity contribution is -0.147. The molecule has 0 bridgehead atoms. The van der Waals surface area contributed by atoms with E-state index in [4.69, 9.17) is 4.74 Å². The second-order valence-electron chi connectivity index (χ2n) is 4.00. The number of esters is 1. The number of nitrogens with one attached hydrogen (secondary N) is 1. The van der Waals surface area contributed by atoms with Crippen molar-refractivity contribution >= 4 is 11.9 Å². The number of amides is 1. The first-order valence-electron chi connectivity index (χ1n) is 5.62. The predicted octanol–water partition coefficient (Wildman–Crippen LogP) is 0.577. The molecule has 17 heavy (non-hydrogen) atoms. The molecule has 1 aliphatic heterocycles. The largest absolute Gasteiger partial charge is 0.467 e. The third kappa shape index (κ3) is 2.30. The molecule has 0 aromatic carbocycles. The summed E-state index contributed by atoms with van der Waals surface area (Å²) in [4.78, 5) is 25.3. The molecule has 1 saturated heterocycles. The highest BCUT2D eigenvalue weighted by atomic mass is 16.5. The number of methoxy groups -OCH3 is 1. The van der Waals surface area contributed by atoms with E-state index in [1.165, 1.54) is 13.3 Å². The average molecular weight is 237 g/mol. The Bertz CT molecular complexity index is 402. The average Bonchev–Trinajstić information content (AvgIpc) is 2.91. The molecule has 2 rings (SSSR count). The van der Waals surface area contributed by atoms with Crippen molar-refractivity contribution in [2.45, 2.75) is 25.3 Å². The van der Waals surface area contributed by atoms with Crippen LogP contribution >= 0.6 is 0 Å². The number of nitrogens with zero attached hydrogens (tertiary/aromatic N) is 2. The Morgan fingerprint density at radius 1 is 1.53 bits per heavy atom. The molecule has 92 valence electrons. The maximum absolute atomic E-state index is 12.1. The van der Waals surface area contributed by atoms with Gasteiger partial charge in [0.15, 0.2) is 0 Å². The number of carbonyl (C=O) groups excluding carboxylic acids is 2. The number of hydrogen-bond acceptors (Lipinski definition) is 4. The van der Waals surface area contributed by atoms with Crippen LogP contribution in [0.25, 0.3) is 0 Å². The van der Waals surface area contributed by atoms with Crippen LogP contribution in [-0.2, 0) is 9.53 Å². The fourth-order valence-corrected chi connectivity index (χ4v) is 2.09. The summed E-state index contributed by atoms with van der Waals surface area (Å²) in [6.07, 6.45) is 4.02. The van der Waals surface area contributed by atoms with Crippen LogP contribution in [0.15, 0.2) is 12.3 Å². The Labute approximate surface area is 98.9 Å². The predicted molar refractivity (Wildman–Crippen MR) is 59.3 cm³/mol. The molecule has 0 spiro atoms. The molecule has 1 aliphatic rings. The number of hydrogen-bond donors (Lipinski definition) is 1. The number of H-pyrrole nitrogens is 1. The van der Waals surface area contributed by atoms with E-state index < -0.39 is 6.04 Å². The van der Waals surface area contributed by atoms with E-state index in [9.17, 15) is 9.59 Å². The molecule has 1 fully saturated rings. The topological polar surface area (TPSA) is 75.3 Å². The SMILES string of the molecule is COC(=O)C1CCCCN1C(=O)c1ccn[nH]1. The number of likely N-dealkylation sites (tertiary alicyclic amines) is 1. The highest BCUT2D eigenvalue weighted by Gasteiger charge is 2.33. The summed E-state index contributed by atoms with van der Waals surface area (Å²) < 4.78 is 4.73. The van der Waals surface area contributed by atoms with Crippen molar-refractivity contribution < 1.29 is 14.3 Å². The highest BCUT2D eigenvalue weighted by Crippen LogP contribution is 2.19. The van der Waals surface area contributed by atoms with Gasteiger partial charge in [0.25, 0.3) is 5.91 Å². The first-order valence-corrected chi connectivity index (χ1v) is 5.62. The summed E-state index contributed by atoms with van der Waals surface area (Å²) in [7, 11) is 1.34. The molecule has 0 radical (unpaired) electrons. The summed E-state index contributed by atoms with van der Waals surface area (Å²) >= 11 is 0. The number of ether oxygens (including phenoxy) is 1. The maximum atomic E-state index is 12.1. The fraction of sp³-hybridized carbons (Fsp3) is 0.545. The zero-order valence-corrected chi connectivity index (χ0v) is 9.68. The van der Waals surface area contributed by atoms with Crippen molar-refractivity contribution in [1.29, 1.82) is 0 Å². The van der Waals surface area contributed by atoms with Gasteiger partial charge < -0.3 is 9.64 Å². The van der Waals surface area contributed by atoms with Crippen LogP contribution in [0.5, 0.6) is 0 Å². The lowest BCUT2D eigenvalue weighted by atomic mass is 10.0. The minimum absolute atomic E-state index is 0.197. The van der Waals surface area contributed by atoms with E-state index in [0.29, 0.717) is 18.7 Å². The van der Waals surface area contributed by atoms with Gasteiger partial charge in [0.1, 0.15) is 11.7 Å². The van der Waals surface area contributed by atoms with Crippen molar-refractivity contribution in [3.05, 3.63) is 18.0 Å². The molecule has 1 aromatic heterocycles. The normalized spacial score (nSPS) is 20.1. The van der Waals surface area contributed by atoms with Gasteiger partial charge in [-0.1, -0.05) is 0 Å². The number of rotatable bonds is 2. The summed E-state index contributed by atoms with van der Waals surface area (Å²) in [6.45, 7) is 0.581. The first-order chi connectivity index (χ1) is 8.24. The zero-order chi connectivity index (χ0) is 12.3. The van der Waals surface area contributed by atoms with E-state index in [2.05, 4.69) is 10.2 Å². The molecule has 1 unspecified atom stereocenters. The van der Waals surface area contributed by atoms with E-state index >= 15 is 0 Å². The van der Waals surface area contributed by atoms with E-state index in [0.717, 1.165) is 12.8 Å². The van der Waals surface area contributed by atoms with E-state index in [-0.39, 0.29) is 11.9 Å². The van der Waals surface area contributed by atoms with E-state index in [1.54, 1.807) is 11.0 Å². The quantitative estimate of drug-likeness (QED) is 0.763. The zero-order valence-electron chi connectivity index (χ0n) is 9.68. The van der Waals surface area contributed by atoms with Crippen molar-refractivity contribution in [3.8, 4) is 0 Å². The first kappa shape index (κ1) is 11.6. The minimum atomic E-state index is -0.468. The Balaban J connectivity index is 2.16. The van der Waals surface area contributed by atoms with Gasteiger partial charge in [-0.15, -0.1) is 0 Å². The van der Waals surface area contributed by atoms with Crippen molar-refractivity contribution in [2.75, 3.05) is 13.7 Å².